The molecule has 38 heavy (non-hydrogen) atoms. The first-order valence-electron chi connectivity index (χ1n) is 12.3. The Morgan fingerprint density at radius 2 is 1.76 bits per heavy atom. The van der Waals surface area contributed by atoms with E-state index >= 15 is 0 Å². The van der Waals surface area contributed by atoms with Gasteiger partial charge in [-0.05, 0) is 80.2 Å². The number of aromatic nitrogens is 2. The maximum Gasteiger partial charge on any atom is 0.174 e. The molecule has 2 aromatic heterocycles. The lowest BCUT2D eigenvalue weighted by Gasteiger charge is -2.28. The van der Waals surface area contributed by atoms with E-state index in [0.717, 1.165) is 34.0 Å². The molecule has 0 saturated carbocycles. The van der Waals surface area contributed by atoms with Gasteiger partial charge >= 0.3 is 0 Å². The van der Waals surface area contributed by atoms with Crippen molar-refractivity contribution in [2.75, 3.05) is 25.2 Å². The third kappa shape index (κ3) is 4.99. The average molecular weight is 568 g/mol. The SMILES string of the molecule is COCCOc1ccc(N2C(=S)NC(c3ccccn3)C2c2cc(C)n(-c3ccccc3Cl)c2C)cc1Cl. The Balaban J connectivity index is 1.61. The average Bonchev–Trinajstić information content (AvgIpc) is 3.41. The Kier molecular flexibility index (Phi) is 7.91. The molecule has 196 valence electrons. The van der Waals surface area contributed by atoms with Crippen LogP contribution in [0.2, 0.25) is 10.0 Å². The topological polar surface area (TPSA) is 51.6 Å². The molecule has 3 heterocycles. The molecule has 1 fully saturated rings. The number of thiocarbonyl (C=S) groups is 1. The normalized spacial score (nSPS) is 17.1. The molecular formula is C29H28Cl2N4O2S. The number of methoxy groups -OCH3 is 1. The highest BCUT2D eigenvalue weighted by atomic mass is 35.5. The number of ether oxygens (including phenoxy) is 2. The van der Waals surface area contributed by atoms with Crippen molar-refractivity contribution < 1.29 is 9.47 Å². The van der Waals surface area contributed by atoms with E-state index in [2.05, 4.69) is 39.7 Å². The number of anilines is 1. The number of halogens is 2. The van der Waals surface area contributed by atoms with Gasteiger partial charge in [0.15, 0.2) is 5.11 Å². The first-order valence-corrected chi connectivity index (χ1v) is 13.4. The number of nitrogens with one attached hydrogen (secondary N) is 1. The van der Waals surface area contributed by atoms with E-state index in [1.165, 1.54) is 0 Å². The largest absolute Gasteiger partial charge is 0.490 e. The van der Waals surface area contributed by atoms with Gasteiger partial charge in [-0.15, -0.1) is 0 Å². The molecule has 6 nitrogen and oxygen atoms in total. The highest BCUT2D eigenvalue weighted by Crippen LogP contribution is 2.45. The van der Waals surface area contributed by atoms with Crippen LogP contribution < -0.4 is 15.0 Å². The van der Waals surface area contributed by atoms with Crippen LogP contribution in [0.1, 0.15) is 34.7 Å². The van der Waals surface area contributed by atoms with Gasteiger partial charge < -0.3 is 24.3 Å². The van der Waals surface area contributed by atoms with Gasteiger partial charge in [-0.2, -0.15) is 0 Å². The van der Waals surface area contributed by atoms with E-state index in [1.54, 1.807) is 13.3 Å². The molecule has 0 spiro atoms. The second-order valence-corrected chi connectivity index (χ2v) is 10.3. The van der Waals surface area contributed by atoms with Crippen LogP contribution in [0.3, 0.4) is 0 Å². The first kappa shape index (κ1) is 26.5. The van der Waals surface area contributed by atoms with Crippen molar-refractivity contribution in [1.82, 2.24) is 14.9 Å². The number of benzene rings is 2. The fraction of sp³-hybridized carbons (Fsp3) is 0.241. The van der Waals surface area contributed by atoms with E-state index < -0.39 is 0 Å². The molecule has 5 rings (SSSR count). The second-order valence-electron chi connectivity index (χ2n) is 9.07. The van der Waals surface area contributed by atoms with E-state index in [0.29, 0.717) is 34.1 Å². The van der Waals surface area contributed by atoms with Crippen molar-refractivity contribution in [3.8, 4) is 11.4 Å². The zero-order valence-electron chi connectivity index (χ0n) is 21.3. The molecule has 0 bridgehead atoms. The molecule has 0 aliphatic carbocycles. The third-order valence-electron chi connectivity index (χ3n) is 6.72. The number of para-hydroxylation sites is 1. The van der Waals surface area contributed by atoms with E-state index in [9.17, 15) is 0 Å². The summed E-state index contributed by atoms with van der Waals surface area (Å²) in [5, 5.41) is 5.31. The summed E-state index contributed by atoms with van der Waals surface area (Å²) >= 11 is 19.2. The number of rotatable bonds is 8. The maximum absolute atomic E-state index is 6.65. The van der Waals surface area contributed by atoms with Gasteiger partial charge in [0.1, 0.15) is 12.4 Å². The smallest absolute Gasteiger partial charge is 0.174 e. The number of nitrogens with zero attached hydrogens (tertiary/aromatic N) is 3. The van der Waals surface area contributed by atoms with Crippen LogP contribution in [-0.4, -0.2) is 35.0 Å². The minimum atomic E-state index is -0.184. The maximum atomic E-state index is 6.65. The highest BCUT2D eigenvalue weighted by Gasteiger charge is 2.42. The lowest BCUT2D eigenvalue weighted by molar-refractivity contribution is 0.146. The van der Waals surface area contributed by atoms with Gasteiger partial charge in [0.2, 0.25) is 0 Å². The molecule has 2 aromatic carbocycles. The standard InChI is InChI=1S/C29H28Cl2N4O2S/c1-18-16-21(19(2)34(18)25-10-5-4-8-22(25)30)28-27(24-9-6-7-13-32-24)33-29(38)35(28)20-11-12-26(23(31)17-20)37-15-14-36-3/h4-13,16-17,27-28H,14-15H2,1-3H3,(H,33,38). The Morgan fingerprint density at radius 1 is 0.974 bits per heavy atom. The molecule has 1 saturated heterocycles. The van der Waals surface area contributed by atoms with Crippen LogP contribution in [0.5, 0.6) is 5.75 Å². The van der Waals surface area contributed by atoms with Gasteiger partial charge in [0, 0.05) is 30.4 Å². The van der Waals surface area contributed by atoms with Gasteiger partial charge in [0.05, 0.1) is 40.1 Å². The van der Waals surface area contributed by atoms with Crippen molar-refractivity contribution in [2.45, 2.75) is 25.9 Å². The molecule has 0 amide bonds. The monoisotopic (exact) mass is 566 g/mol. The fourth-order valence-corrected chi connectivity index (χ4v) is 5.83. The molecule has 1 aliphatic heterocycles. The summed E-state index contributed by atoms with van der Waals surface area (Å²) in [6.45, 7) is 5.09. The van der Waals surface area contributed by atoms with Crippen molar-refractivity contribution in [3.05, 3.63) is 106 Å². The van der Waals surface area contributed by atoms with E-state index in [-0.39, 0.29) is 12.1 Å². The molecule has 0 radical (unpaired) electrons. The summed E-state index contributed by atoms with van der Waals surface area (Å²) in [5.41, 5.74) is 5.95. The lowest BCUT2D eigenvalue weighted by atomic mass is 9.96. The molecule has 4 aromatic rings. The second kappa shape index (κ2) is 11.3. The zero-order chi connectivity index (χ0) is 26.8. The van der Waals surface area contributed by atoms with Gasteiger partial charge in [-0.25, -0.2) is 0 Å². The summed E-state index contributed by atoms with van der Waals surface area (Å²) in [7, 11) is 1.64. The van der Waals surface area contributed by atoms with Crippen LogP contribution in [0.15, 0.2) is 72.9 Å². The Morgan fingerprint density at radius 3 is 2.47 bits per heavy atom. The number of pyridine rings is 1. The van der Waals surface area contributed by atoms with Crippen LogP contribution >= 0.6 is 35.4 Å². The minimum absolute atomic E-state index is 0.180. The lowest BCUT2D eigenvalue weighted by Crippen LogP contribution is -2.29. The summed E-state index contributed by atoms with van der Waals surface area (Å²) < 4.78 is 13.0. The molecule has 1 N–H and O–H groups in total. The van der Waals surface area contributed by atoms with Crippen LogP contribution in [0, 0.1) is 13.8 Å². The molecule has 2 atom stereocenters. The number of aryl methyl sites for hydroxylation is 1. The predicted molar refractivity (Wildman–Crippen MR) is 157 cm³/mol. The summed E-state index contributed by atoms with van der Waals surface area (Å²) in [4.78, 5) is 6.78. The number of hydrogen-bond acceptors (Lipinski definition) is 4. The minimum Gasteiger partial charge on any atom is -0.490 e. The Hall–Kier alpha value is -3.10. The predicted octanol–water partition coefficient (Wildman–Crippen LogP) is 7.00. The first-order chi connectivity index (χ1) is 18.4. The Bertz CT molecular complexity index is 1460. The number of hydrogen-bond donors (Lipinski definition) is 1. The Labute approximate surface area is 238 Å². The van der Waals surface area contributed by atoms with Crippen molar-refractivity contribution in [2.24, 2.45) is 0 Å². The van der Waals surface area contributed by atoms with Gasteiger partial charge in [0.25, 0.3) is 0 Å². The van der Waals surface area contributed by atoms with Crippen LogP contribution in [0.25, 0.3) is 5.69 Å². The van der Waals surface area contributed by atoms with Crippen molar-refractivity contribution in [3.63, 3.8) is 0 Å². The molecule has 9 heteroatoms. The van der Waals surface area contributed by atoms with Gasteiger partial charge in [-0.1, -0.05) is 41.4 Å². The third-order valence-corrected chi connectivity index (χ3v) is 7.65. The molecular weight excluding hydrogens is 539 g/mol. The van der Waals surface area contributed by atoms with E-state index in [1.807, 2.05) is 60.7 Å². The highest BCUT2D eigenvalue weighted by molar-refractivity contribution is 7.80. The van der Waals surface area contributed by atoms with E-state index in [4.69, 9.17) is 44.9 Å². The van der Waals surface area contributed by atoms with Gasteiger partial charge in [-0.3, -0.25) is 4.98 Å². The van der Waals surface area contributed by atoms with Crippen molar-refractivity contribution >= 4 is 46.2 Å². The van der Waals surface area contributed by atoms with Crippen molar-refractivity contribution in [1.29, 1.82) is 0 Å². The quantitative estimate of drug-likeness (QED) is 0.183. The molecule has 2 unspecified atom stereocenters. The fourth-order valence-electron chi connectivity index (χ4n) is 5.03. The summed E-state index contributed by atoms with van der Waals surface area (Å²) in [5.74, 6) is 0.597. The summed E-state index contributed by atoms with van der Waals surface area (Å²) in [6.07, 6.45) is 1.80. The van der Waals surface area contributed by atoms with Crippen LogP contribution in [-0.2, 0) is 4.74 Å². The summed E-state index contributed by atoms with van der Waals surface area (Å²) in [6, 6.07) is 21.3. The van der Waals surface area contributed by atoms with Crippen LogP contribution in [0.4, 0.5) is 5.69 Å². The zero-order valence-corrected chi connectivity index (χ0v) is 23.6. The molecule has 1 aliphatic rings.